The maximum absolute atomic E-state index is 2.60. The van der Waals surface area contributed by atoms with Crippen molar-refractivity contribution in [2.75, 3.05) is 4.90 Å². The summed E-state index contributed by atoms with van der Waals surface area (Å²) in [5, 5.41) is 2.53. The number of benzene rings is 9. The lowest BCUT2D eigenvalue weighted by atomic mass is 9.70. The van der Waals surface area contributed by atoms with Crippen molar-refractivity contribution in [1.29, 1.82) is 0 Å². The van der Waals surface area contributed by atoms with Gasteiger partial charge in [-0.2, -0.15) is 0 Å². The summed E-state index contributed by atoms with van der Waals surface area (Å²) < 4.78 is 2.47. The zero-order valence-corrected chi connectivity index (χ0v) is 47.3. The third-order valence-electron chi connectivity index (χ3n) is 18.1. The van der Waals surface area contributed by atoms with E-state index < -0.39 is 0 Å². The van der Waals surface area contributed by atoms with E-state index in [1.807, 2.05) is 0 Å². The predicted molar refractivity (Wildman–Crippen MR) is 336 cm³/mol. The molecule has 0 fully saturated rings. The molecule has 0 N–H and O–H groups in total. The zero-order chi connectivity index (χ0) is 53.4. The normalized spacial score (nSPS) is 13.7. The van der Waals surface area contributed by atoms with Crippen molar-refractivity contribution in [3.8, 4) is 50.2 Å². The van der Waals surface area contributed by atoms with E-state index in [4.69, 9.17) is 0 Å². The van der Waals surface area contributed by atoms with Crippen LogP contribution in [0.1, 0.15) is 151 Å². The number of anilines is 3. The van der Waals surface area contributed by atoms with Crippen LogP contribution in [0.4, 0.5) is 17.1 Å². The molecule has 1 aromatic heterocycles. The van der Waals surface area contributed by atoms with Crippen molar-refractivity contribution in [1.82, 2.24) is 4.57 Å². The molecule has 2 nitrogen and oxygen atoms in total. The van der Waals surface area contributed by atoms with Gasteiger partial charge in [-0.25, -0.2) is 0 Å². The third-order valence-corrected chi connectivity index (χ3v) is 18.1. The quantitative estimate of drug-likeness (QED) is 0.0691. The van der Waals surface area contributed by atoms with Crippen LogP contribution < -0.4 is 4.90 Å². The van der Waals surface area contributed by atoms with Gasteiger partial charge in [0.1, 0.15) is 0 Å². The molecule has 0 saturated carbocycles. The average molecular weight is 1020 g/mol. The molecule has 10 aromatic rings. The molecule has 1 heterocycles. The lowest BCUT2D eigenvalue weighted by Gasteiger charge is -2.33. The van der Waals surface area contributed by atoms with Gasteiger partial charge in [0.05, 0.1) is 11.0 Å². The van der Waals surface area contributed by atoms with E-state index >= 15 is 0 Å². The van der Waals surface area contributed by atoms with Crippen LogP contribution in [0.5, 0.6) is 0 Å². The minimum Gasteiger partial charge on any atom is -0.311 e. The van der Waals surface area contributed by atoms with Gasteiger partial charge in [0.2, 0.25) is 0 Å². The molecule has 392 valence electrons. The Morgan fingerprint density at radius 3 is 1.50 bits per heavy atom. The van der Waals surface area contributed by atoms with Gasteiger partial charge in [-0.15, -0.1) is 0 Å². The van der Waals surface area contributed by atoms with Crippen molar-refractivity contribution in [2.24, 2.45) is 0 Å². The molecule has 0 atom stereocenters. The fourth-order valence-electron chi connectivity index (χ4n) is 13.9. The number of rotatable bonds is 20. The van der Waals surface area contributed by atoms with Crippen LogP contribution in [0.15, 0.2) is 194 Å². The molecular weight excluding hydrogens is 941 g/mol. The van der Waals surface area contributed by atoms with E-state index in [1.54, 1.807) is 11.1 Å². The molecule has 2 heteroatoms. The Labute approximate surface area is 465 Å². The summed E-state index contributed by atoms with van der Waals surface area (Å²) in [5.41, 5.74) is 26.2. The molecule has 78 heavy (non-hydrogen) atoms. The molecule has 0 aliphatic heterocycles. The maximum atomic E-state index is 2.60. The number of unbranched alkanes of at least 4 members (excludes halogenated alkanes) is 10. The van der Waals surface area contributed by atoms with Crippen molar-refractivity contribution in [3.63, 3.8) is 0 Å². The van der Waals surface area contributed by atoms with Crippen LogP contribution >= 0.6 is 0 Å². The van der Waals surface area contributed by atoms with Crippen LogP contribution in [0, 0.1) is 13.8 Å². The van der Waals surface area contributed by atoms with Crippen molar-refractivity contribution >= 4 is 38.9 Å². The Morgan fingerprint density at radius 1 is 0.359 bits per heavy atom. The molecule has 2 aliphatic carbocycles. The van der Waals surface area contributed by atoms with Crippen LogP contribution in [-0.2, 0) is 10.8 Å². The summed E-state index contributed by atoms with van der Waals surface area (Å²) in [6, 6.07) is 74.3. The van der Waals surface area contributed by atoms with Crippen LogP contribution in [0.3, 0.4) is 0 Å². The summed E-state index contributed by atoms with van der Waals surface area (Å²) in [7, 11) is 0. The first kappa shape index (κ1) is 51.3. The third kappa shape index (κ3) is 9.40. The van der Waals surface area contributed by atoms with Crippen molar-refractivity contribution in [3.05, 3.63) is 228 Å². The molecule has 0 radical (unpaired) electrons. The molecule has 0 saturated heterocycles. The monoisotopic (exact) mass is 1020 g/mol. The predicted octanol–water partition coefficient (Wildman–Crippen LogP) is 22.3. The smallest absolute Gasteiger partial charge is 0.0541 e. The summed E-state index contributed by atoms with van der Waals surface area (Å²) in [4.78, 5) is 2.41. The Balaban J connectivity index is 0.855. The highest BCUT2D eigenvalue weighted by Gasteiger charge is 2.42. The largest absolute Gasteiger partial charge is 0.311 e. The summed E-state index contributed by atoms with van der Waals surface area (Å²) in [6.07, 6.45) is 18.4. The number of aryl methyl sites for hydroxylation is 2. The first-order valence-electron chi connectivity index (χ1n) is 29.8. The Morgan fingerprint density at radius 2 is 0.833 bits per heavy atom. The molecular formula is C76H78N2. The fourth-order valence-corrected chi connectivity index (χ4v) is 13.9. The van der Waals surface area contributed by atoms with Gasteiger partial charge in [0, 0.05) is 44.4 Å². The van der Waals surface area contributed by atoms with Crippen molar-refractivity contribution in [2.45, 2.75) is 142 Å². The molecule has 9 aromatic carbocycles. The second kappa shape index (κ2) is 21.8. The number of nitrogens with zero attached hydrogens (tertiary/aromatic N) is 2. The number of hydrogen-bond acceptors (Lipinski definition) is 1. The van der Waals surface area contributed by atoms with Gasteiger partial charge in [-0.3, -0.25) is 0 Å². The molecule has 0 amide bonds. The molecule has 0 bridgehead atoms. The number of hydrogen-bond donors (Lipinski definition) is 0. The van der Waals surface area contributed by atoms with Crippen LogP contribution in [-0.4, -0.2) is 4.57 Å². The SMILES string of the molecule is CCCCCCCCC1(CCCCCCCC)c2cc(C)ccc2-c2ccc(-c3ccc(N(c4ccc(C)cc4)c4ccc(-c5ccc6c(c5)c5ccccc5n6-c5ccc6c(c5)C(C)(C)c5ccccc5-6)cc4)cc3)cc21. The minimum absolute atomic E-state index is 0.0509. The van der Waals surface area contributed by atoms with Gasteiger partial charge in [0.15, 0.2) is 0 Å². The van der Waals surface area contributed by atoms with Gasteiger partial charge in [-0.05, 0) is 166 Å². The second-order valence-corrected chi connectivity index (χ2v) is 23.7. The van der Waals surface area contributed by atoms with E-state index in [1.165, 1.54) is 184 Å². The van der Waals surface area contributed by atoms with E-state index in [9.17, 15) is 0 Å². The van der Waals surface area contributed by atoms with Gasteiger partial charge in [-0.1, -0.05) is 237 Å². The van der Waals surface area contributed by atoms with E-state index in [0.717, 1.165) is 17.1 Å². The lowest BCUT2D eigenvalue weighted by molar-refractivity contribution is 0.398. The topological polar surface area (TPSA) is 8.17 Å². The standard InChI is InChI=1S/C76H78N2/c1-7-9-11-13-15-21-47-76(48-22-16-14-12-10-8-2)71-49-54(4)29-43-65(71)66-44-34-58(51-72(66)76)56-32-40-61(41-33-56)77(59-36-27-53(3)28-37-59)60-38-30-55(31-39-60)57-35-46-74-68(50-57)67-24-18-20-26-73(67)78(74)62-42-45-64-63-23-17-19-25-69(63)75(5,6)70(64)52-62/h17-20,23-46,49-52H,7-16,21-22,47-48H2,1-6H3. The van der Waals surface area contributed by atoms with Crippen LogP contribution in [0.2, 0.25) is 0 Å². The second-order valence-electron chi connectivity index (χ2n) is 23.7. The number of aromatic nitrogens is 1. The highest BCUT2D eigenvalue weighted by atomic mass is 15.1. The maximum Gasteiger partial charge on any atom is 0.0541 e. The fraction of sp³-hybridized carbons (Fsp3) is 0.289. The van der Waals surface area contributed by atoms with E-state index in [0.29, 0.717) is 0 Å². The minimum atomic E-state index is -0.0675. The number of para-hydroxylation sites is 1. The highest BCUT2D eigenvalue weighted by Crippen LogP contribution is 2.56. The molecule has 2 aliphatic rings. The van der Waals surface area contributed by atoms with E-state index in [2.05, 4.69) is 245 Å². The zero-order valence-electron chi connectivity index (χ0n) is 47.3. The summed E-state index contributed by atoms with van der Waals surface area (Å²) in [6.45, 7) is 13.8. The molecule has 0 unspecified atom stereocenters. The lowest BCUT2D eigenvalue weighted by Crippen LogP contribution is -2.25. The number of fused-ring (bicyclic) bond motifs is 9. The molecule has 0 spiro atoms. The first-order chi connectivity index (χ1) is 38.2. The van der Waals surface area contributed by atoms with Gasteiger partial charge < -0.3 is 9.47 Å². The highest BCUT2D eigenvalue weighted by molar-refractivity contribution is 6.10. The Kier molecular flexibility index (Phi) is 14.3. The van der Waals surface area contributed by atoms with Gasteiger partial charge in [0.25, 0.3) is 0 Å². The van der Waals surface area contributed by atoms with Crippen LogP contribution in [0.25, 0.3) is 72.0 Å². The Bertz CT molecular complexity index is 3740. The Hall–Kier alpha value is -7.42. The van der Waals surface area contributed by atoms with Crippen molar-refractivity contribution < 1.29 is 0 Å². The molecule has 12 rings (SSSR count). The summed E-state index contributed by atoms with van der Waals surface area (Å²) in [5.74, 6) is 0. The first-order valence-corrected chi connectivity index (χ1v) is 29.8. The average Bonchev–Trinajstić information content (AvgIpc) is 4.16. The summed E-state index contributed by atoms with van der Waals surface area (Å²) >= 11 is 0. The van der Waals surface area contributed by atoms with Gasteiger partial charge >= 0.3 is 0 Å². The van der Waals surface area contributed by atoms with E-state index in [-0.39, 0.29) is 10.8 Å².